The van der Waals surface area contributed by atoms with Crippen LogP contribution in [-0.4, -0.2) is 115 Å². The van der Waals surface area contributed by atoms with Gasteiger partial charge in [-0.2, -0.15) is 5.10 Å². The SMILES string of the molecule is CC(C)n1nc(-c2noc(C3CC3)c2C2CCN(C(=O)CCCCCCN3CCN(c4ccc5c(c4)C(=O)N(C4CCC(=O)NC4=O)C5)CC3)CC2)c2c(N)ncnc21. The predicted octanol–water partition coefficient (Wildman–Crippen LogP) is 4.76. The molecule has 16 nitrogen and oxygen atoms in total. The summed E-state index contributed by atoms with van der Waals surface area (Å²) >= 11 is 0. The van der Waals surface area contributed by atoms with Crippen LogP contribution in [0.2, 0.25) is 0 Å². The summed E-state index contributed by atoms with van der Waals surface area (Å²) in [6, 6.07) is 5.54. The van der Waals surface area contributed by atoms with Crippen molar-refractivity contribution < 1.29 is 23.7 Å². The van der Waals surface area contributed by atoms with Crippen molar-refractivity contribution in [1.82, 2.24) is 44.9 Å². The molecule has 0 spiro atoms. The van der Waals surface area contributed by atoms with Gasteiger partial charge >= 0.3 is 0 Å². The number of imide groups is 1. The molecule has 0 radical (unpaired) electrons. The molecule has 312 valence electrons. The lowest BCUT2D eigenvalue weighted by Crippen LogP contribution is -2.52. The third kappa shape index (κ3) is 7.78. The average Bonchev–Trinajstić information content (AvgIpc) is 3.73. The van der Waals surface area contributed by atoms with Crippen molar-refractivity contribution in [3.05, 3.63) is 47.0 Å². The first-order valence-corrected chi connectivity index (χ1v) is 21.7. The van der Waals surface area contributed by atoms with Crippen molar-refractivity contribution in [2.75, 3.05) is 56.4 Å². The number of nitrogens with zero attached hydrogens (tertiary/aromatic N) is 9. The molecule has 7 heterocycles. The Kier molecular flexibility index (Phi) is 10.8. The number of hydrogen-bond donors (Lipinski definition) is 2. The average molecular weight is 806 g/mol. The highest BCUT2D eigenvalue weighted by Gasteiger charge is 2.40. The largest absolute Gasteiger partial charge is 0.383 e. The van der Waals surface area contributed by atoms with E-state index in [1.807, 2.05) is 21.7 Å². The minimum atomic E-state index is -0.600. The number of anilines is 2. The normalized spacial score (nSPS) is 20.6. The number of nitrogens with one attached hydrogen (secondary N) is 1. The predicted molar refractivity (Wildman–Crippen MR) is 220 cm³/mol. The van der Waals surface area contributed by atoms with Gasteiger partial charge in [-0.3, -0.25) is 29.4 Å². The van der Waals surface area contributed by atoms with Gasteiger partial charge in [-0.05, 0) is 89.0 Å². The zero-order valence-corrected chi connectivity index (χ0v) is 34.2. The number of carbonyl (C=O) groups excluding carboxylic acids is 4. The van der Waals surface area contributed by atoms with Crippen LogP contribution in [0, 0.1) is 0 Å². The molecule has 59 heavy (non-hydrogen) atoms. The number of nitrogen functional groups attached to an aromatic ring is 1. The molecule has 3 saturated heterocycles. The molecule has 1 aromatic carbocycles. The van der Waals surface area contributed by atoms with Crippen LogP contribution in [-0.2, 0) is 20.9 Å². The Morgan fingerprint density at radius 2 is 1.69 bits per heavy atom. The number of carbonyl (C=O) groups is 4. The molecule has 9 rings (SSSR count). The molecular formula is C43H55N11O5. The van der Waals surface area contributed by atoms with Gasteiger partial charge in [-0.15, -0.1) is 0 Å². The van der Waals surface area contributed by atoms with E-state index in [0.29, 0.717) is 53.4 Å². The number of rotatable bonds is 13. The molecule has 1 atom stereocenters. The Balaban J connectivity index is 0.707. The second-order valence-electron chi connectivity index (χ2n) is 17.3. The maximum absolute atomic E-state index is 13.3. The number of amides is 4. The van der Waals surface area contributed by atoms with Crippen molar-refractivity contribution in [3.8, 4) is 11.4 Å². The first kappa shape index (κ1) is 39.1. The zero-order chi connectivity index (χ0) is 40.8. The summed E-state index contributed by atoms with van der Waals surface area (Å²) in [7, 11) is 0. The first-order chi connectivity index (χ1) is 28.6. The number of likely N-dealkylation sites (tertiary alicyclic amines) is 1. The number of piperazine rings is 1. The fraction of sp³-hybridized carbons (Fsp3) is 0.581. The number of benzene rings is 1. The van der Waals surface area contributed by atoms with E-state index in [4.69, 9.17) is 15.4 Å². The topological polar surface area (TPSA) is 189 Å². The monoisotopic (exact) mass is 805 g/mol. The van der Waals surface area contributed by atoms with Gasteiger partial charge < -0.3 is 25.0 Å². The molecule has 4 aromatic rings. The molecule has 1 aliphatic carbocycles. The van der Waals surface area contributed by atoms with Gasteiger partial charge in [-0.1, -0.05) is 24.1 Å². The van der Waals surface area contributed by atoms with E-state index >= 15 is 0 Å². The highest BCUT2D eigenvalue weighted by Crippen LogP contribution is 2.49. The van der Waals surface area contributed by atoms with E-state index in [1.165, 1.54) is 6.33 Å². The summed E-state index contributed by atoms with van der Waals surface area (Å²) < 4.78 is 7.93. The fourth-order valence-corrected chi connectivity index (χ4v) is 9.55. The maximum Gasteiger partial charge on any atom is 0.255 e. The molecule has 4 fully saturated rings. The van der Waals surface area contributed by atoms with Crippen molar-refractivity contribution in [3.63, 3.8) is 0 Å². The molecule has 3 aromatic heterocycles. The molecule has 5 aliphatic rings. The molecule has 1 unspecified atom stereocenters. The summed E-state index contributed by atoms with van der Waals surface area (Å²) in [6.07, 6.45) is 10.7. The third-order valence-corrected chi connectivity index (χ3v) is 13.1. The summed E-state index contributed by atoms with van der Waals surface area (Å²) in [5.41, 5.74) is 12.2. The molecule has 4 aliphatic heterocycles. The van der Waals surface area contributed by atoms with Gasteiger partial charge in [0.15, 0.2) is 5.65 Å². The van der Waals surface area contributed by atoms with Crippen LogP contribution in [0.5, 0.6) is 0 Å². The van der Waals surface area contributed by atoms with Gasteiger partial charge in [0.25, 0.3) is 5.91 Å². The van der Waals surface area contributed by atoms with E-state index in [9.17, 15) is 19.2 Å². The number of hydrogen-bond acceptors (Lipinski definition) is 12. The second kappa shape index (κ2) is 16.3. The molecule has 3 N–H and O–H groups in total. The van der Waals surface area contributed by atoms with E-state index in [-0.39, 0.29) is 42.0 Å². The van der Waals surface area contributed by atoms with Gasteiger partial charge in [0, 0.05) is 87.4 Å². The molecule has 16 heteroatoms. The summed E-state index contributed by atoms with van der Waals surface area (Å²) in [4.78, 5) is 68.0. The Morgan fingerprint density at radius 1 is 0.915 bits per heavy atom. The number of piperidine rings is 2. The second-order valence-corrected chi connectivity index (χ2v) is 17.3. The Hall–Kier alpha value is -5.38. The summed E-state index contributed by atoms with van der Waals surface area (Å²) in [5, 5.41) is 12.6. The quantitative estimate of drug-likeness (QED) is 0.140. The number of unbranched alkanes of at least 4 members (excludes halogenated alkanes) is 3. The van der Waals surface area contributed by atoms with E-state index in [2.05, 4.69) is 50.2 Å². The molecule has 1 saturated carbocycles. The van der Waals surface area contributed by atoms with Crippen LogP contribution in [0.15, 0.2) is 29.0 Å². The lowest BCUT2D eigenvalue weighted by atomic mass is 9.86. The van der Waals surface area contributed by atoms with Gasteiger partial charge in [-0.25, -0.2) is 14.6 Å². The summed E-state index contributed by atoms with van der Waals surface area (Å²) in [6.45, 7) is 10.7. The Labute approximate surface area is 343 Å². The standard InChI is InChI=1S/C43H55N11O5/c1-26(2)54-41-36(40(44)45-25-46-41)37(48-54)38-35(39(59-49-38)28-8-9-28)27-14-17-52(18-15-27)34(56)7-5-3-4-6-16-50-19-21-51(22-20-50)30-11-10-29-24-53(43(58)31(29)23-30)32-12-13-33(55)47-42(32)57/h10-11,23,25-28,32H,3-9,12-22,24H2,1-2H3,(H2,44,45,46)(H,47,55,57). The van der Waals surface area contributed by atoms with Gasteiger partial charge in [0.2, 0.25) is 17.7 Å². The maximum atomic E-state index is 13.3. The van der Waals surface area contributed by atoms with Crippen LogP contribution < -0.4 is 16.0 Å². The number of aromatic nitrogens is 5. The van der Waals surface area contributed by atoms with Crippen molar-refractivity contribution >= 4 is 46.2 Å². The van der Waals surface area contributed by atoms with Gasteiger partial charge in [0.1, 0.15) is 35.3 Å². The van der Waals surface area contributed by atoms with Crippen LogP contribution in [0.1, 0.15) is 130 Å². The molecule has 4 amide bonds. The van der Waals surface area contributed by atoms with Crippen LogP contribution in [0.25, 0.3) is 22.4 Å². The fourth-order valence-electron chi connectivity index (χ4n) is 9.55. The minimum absolute atomic E-state index is 0.0816. The smallest absolute Gasteiger partial charge is 0.255 e. The van der Waals surface area contributed by atoms with Crippen molar-refractivity contribution in [2.45, 2.75) is 115 Å². The Bertz CT molecular complexity index is 2250. The highest BCUT2D eigenvalue weighted by molar-refractivity contribution is 6.05. The van der Waals surface area contributed by atoms with E-state index < -0.39 is 6.04 Å². The van der Waals surface area contributed by atoms with Crippen LogP contribution >= 0.6 is 0 Å². The summed E-state index contributed by atoms with van der Waals surface area (Å²) in [5.74, 6) is 1.40. The van der Waals surface area contributed by atoms with Crippen molar-refractivity contribution in [2.24, 2.45) is 0 Å². The lowest BCUT2D eigenvalue weighted by Gasteiger charge is -2.36. The number of fused-ring (bicyclic) bond motifs is 2. The Morgan fingerprint density at radius 3 is 2.44 bits per heavy atom. The first-order valence-electron chi connectivity index (χ1n) is 21.7. The van der Waals surface area contributed by atoms with Gasteiger partial charge in [0.05, 0.1) is 5.39 Å². The van der Waals surface area contributed by atoms with Crippen LogP contribution in [0.3, 0.4) is 0 Å². The minimum Gasteiger partial charge on any atom is -0.383 e. The van der Waals surface area contributed by atoms with E-state index in [0.717, 1.165) is 125 Å². The van der Waals surface area contributed by atoms with Crippen LogP contribution in [0.4, 0.5) is 11.5 Å². The molecule has 0 bridgehead atoms. The van der Waals surface area contributed by atoms with E-state index in [1.54, 1.807) is 4.90 Å². The van der Waals surface area contributed by atoms with Crippen molar-refractivity contribution in [1.29, 1.82) is 0 Å². The highest BCUT2D eigenvalue weighted by atomic mass is 16.5. The third-order valence-electron chi connectivity index (χ3n) is 13.1. The molecular weight excluding hydrogens is 751 g/mol. The number of nitrogens with two attached hydrogens (primary N) is 1. The zero-order valence-electron chi connectivity index (χ0n) is 34.2. The lowest BCUT2D eigenvalue weighted by molar-refractivity contribution is -0.137.